The lowest BCUT2D eigenvalue weighted by molar-refractivity contribution is -0.121. The van der Waals surface area contributed by atoms with Gasteiger partial charge < -0.3 is 19.5 Å². The molecule has 1 aliphatic rings. The van der Waals surface area contributed by atoms with E-state index in [9.17, 15) is 9.59 Å². The summed E-state index contributed by atoms with van der Waals surface area (Å²) in [5, 5.41) is 3.93. The number of hydrogen-bond acceptors (Lipinski definition) is 3. The largest absolute Gasteiger partial charge is 0.383 e. The van der Waals surface area contributed by atoms with Gasteiger partial charge in [0.1, 0.15) is 0 Å². The number of fused-ring (bicyclic) bond motifs is 1. The molecule has 1 atom stereocenters. The molecule has 6 nitrogen and oxygen atoms in total. The van der Waals surface area contributed by atoms with E-state index in [-0.39, 0.29) is 17.9 Å². The Bertz CT molecular complexity index is 840. The van der Waals surface area contributed by atoms with Crippen LogP contribution in [0.2, 0.25) is 0 Å². The van der Waals surface area contributed by atoms with Gasteiger partial charge in [-0.1, -0.05) is 0 Å². The third-order valence-corrected chi connectivity index (χ3v) is 5.35. The number of nitrogens with zero attached hydrogens (tertiary/aromatic N) is 2. The molecule has 1 aliphatic heterocycles. The Morgan fingerprint density at radius 1 is 1.35 bits per heavy atom. The van der Waals surface area contributed by atoms with Crippen LogP contribution in [-0.2, 0) is 16.1 Å². The van der Waals surface area contributed by atoms with E-state index in [4.69, 9.17) is 4.74 Å². The fourth-order valence-corrected chi connectivity index (χ4v) is 3.71. The van der Waals surface area contributed by atoms with Crippen LogP contribution in [0.1, 0.15) is 35.0 Å². The number of methoxy groups -OCH3 is 1. The lowest BCUT2D eigenvalue weighted by Crippen LogP contribution is -2.39. The van der Waals surface area contributed by atoms with Gasteiger partial charge in [0.25, 0.3) is 5.91 Å². The van der Waals surface area contributed by atoms with Gasteiger partial charge >= 0.3 is 0 Å². The van der Waals surface area contributed by atoms with Crippen LogP contribution in [0.4, 0.5) is 0 Å². The van der Waals surface area contributed by atoms with Gasteiger partial charge in [-0.2, -0.15) is 0 Å². The van der Waals surface area contributed by atoms with Gasteiger partial charge in [-0.25, -0.2) is 0 Å². The lowest BCUT2D eigenvalue weighted by atomic mass is 10.1. The normalized spacial score (nSPS) is 18.1. The number of carbonyl (C=O) groups is 2. The number of rotatable bonds is 4. The van der Waals surface area contributed by atoms with Crippen LogP contribution < -0.4 is 5.32 Å². The Kier molecular flexibility index (Phi) is 5.32. The monoisotopic (exact) mass is 357 g/mol. The summed E-state index contributed by atoms with van der Waals surface area (Å²) in [5.41, 5.74) is 4.17. The van der Waals surface area contributed by atoms with Crippen molar-refractivity contribution in [1.29, 1.82) is 0 Å². The minimum atomic E-state index is -0.102. The van der Waals surface area contributed by atoms with E-state index in [0.717, 1.165) is 17.4 Å². The summed E-state index contributed by atoms with van der Waals surface area (Å²) in [6.07, 6.45) is 0.347. The second-order valence-electron chi connectivity index (χ2n) is 6.99. The van der Waals surface area contributed by atoms with Crippen molar-refractivity contribution in [3.63, 3.8) is 0 Å². The highest BCUT2D eigenvalue weighted by Gasteiger charge is 2.26. The quantitative estimate of drug-likeness (QED) is 0.913. The average Bonchev–Trinajstić information content (AvgIpc) is 2.75. The van der Waals surface area contributed by atoms with Crippen molar-refractivity contribution in [2.75, 3.05) is 26.8 Å². The summed E-state index contributed by atoms with van der Waals surface area (Å²) in [5.74, 6) is -0.0115. The third-order valence-electron chi connectivity index (χ3n) is 5.35. The van der Waals surface area contributed by atoms with Gasteiger partial charge in [0.15, 0.2) is 0 Å². The molecule has 3 rings (SSSR count). The van der Waals surface area contributed by atoms with Gasteiger partial charge in [0.2, 0.25) is 5.91 Å². The Morgan fingerprint density at radius 2 is 2.12 bits per heavy atom. The summed E-state index contributed by atoms with van der Waals surface area (Å²) in [6, 6.07) is 5.79. The molecular weight excluding hydrogens is 330 g/mol. The smallest absolute Gasteiger partial charge is 0.254 e. The number of nitrogens with one attached hydrogen (secondary N) is 1. The van der Waals surface area contributed by atoms with Crippen LogP contribution >= 0.6 is 0 Å². The molecule has 0 aliphatic carbocycles. The van der Waals surface area contributed by atoms with Crippen molar-refractivity contribution in [3.05, 3.63) is 35.0 Å². The van der Waals surface area contributed by atoms with Crippen LogP contribution in [-0.4, -0.2) is 54.1 Å². The van der Waals surface area contributed by atoms with Crippen molar-refractivity contribution in [2.24, 2.45) is 0 Å². The first-order chi connectivity index (χ1) is 12.4. The molecule has 1 unspecified atom stereocenters. The van der Waals surface area contributed by atoms with Crippen LogP contribution in [0.15, 0.2) is 18.2 Å². The molecule has 140 valence electrons. The maximum absolute atomic E-state index is 13.0. The maximum atomic E-state index is 13.0. The molecule has 0 bridgehead atoms. The number of carbonyl (C=O) groups excluding carboxylic acids is 2. The van der Waals surface area contributed by atoms with Gasteiger partial charge in [-0.3, -0.25) is 9.59 Å². The minimum absolute atomic E-state index is 0.00457. The third kappa shape index (κ3) is 3.33. The highest BCUT2D eigenvalue weighted by molar-refractivity contribution is 5.99. The molecule has 0 spiro atoms. The van der Waals surface area contributed by atoms with Crippen molar-refractivity contribution in [3.8, 4) is 0 Å². The molecule has 1 aromatic heterocycles. The fourth-order valence-electron chi connectivity index (χ4n) is 3.71. The van der Waals surface area contributed by atoms with Crippen LogP contribution in [0, 0.1) is 13.8 Å². The molecule has 1 N–H and O–H groups in total. The average molecular weight is 357 g/mol. The molecule has 2 amide bonds. The van der Waals surface area contributed by atoms with E-state index in [2.05, 4.69) is 23.7 Å². The first-order valence-electron chi connectivity index (χ1n) is 9.10. The predicted octanol–water partition coefficient (Wildman–Crippen LogP) is 2.26. The van der Waals surface area contributed by atoms with Gasteiger partial charge in [-0.15, -0.1) is 0 Å². The topological polar surface area (TPSA) is 63.6 Å². The van der Waals surface area contributed by atoms with E-state index < -0.39 is 0 Å². The summed E-state index contributed by atoms with van der Waals surface area (Å²) >= 11 is 0. The van der Waals surface area contributed by atoms with E-state index >= 15 is 0 Å². The predicted molar refractivity (Wildman–Crippen MR) is 101 cm³/mol. The number of aryl methyl sites for hydroxylation is 1. The zero-order chi connectivity index (χ0) is 18.8. The Hall–Kier alpha value is -2.34. The molecule has 1 saturated heterocycles. The van der Waals surface area contributed by atoms with Crippen molar-refractivity contribution in [2.45, 2.75) is 39.8 Å². The number of benzene rings is 1. The number of aromatic nitrogens is 1. The second-order valence-corrected chi connectivity index (χ2v) is 6.99. The van der Waals surface area contributed by atoms with Gasteiger partial charge in [0, 0.05) is 61.4 Å². The molecule has 26 heavy (non-hydrogen) atoms. The SMILES string of the molecule is COCCn1c(C)c(C)c2cc(C(=O)N3CCNC(=O)CC3C)ccc21. The Balaban J connectivity index is 1.94. The zero-order valence-corrected chi connectivity index (χ0v) is 16.0. The summed E-state index contributed by atoms with van der Waals surface area (Å²) in [4.78, 5) is 26.5. The molecule has 0 saturated carbocycles. The van der Waals surface area contributed by atoms with Crippen LogP contribution in [0.5, 0.6) is 0 Å². The van der Waals surface area contributed by atoms with Gasteiger partial charge in [-0.05, 0) is 44.5 Å². The number of hydrogen-bond donors (Lipinski definition) is 1. The van der Waals surface area contributed by atoms with Gasteiger partial charge in [0.05, 0.1) is 6.61 Å². The van der Waals surface area contributed by atoms with Crippen molar-refractivity contribution < 1.29 is 14.3 Å². The van der Waals surface area contributed by atoms with E-state index in [1.165, 1.54) is 11.3 Å². The molecule has 0 radical (unpaired) electrons. The van der Waals surface area contributed by atoms with E-state index in [0.29, 0.717) is 31.7 Å². The molecule has 1 aromatic carbocycles. The first-order valence-corrected chi connectivity index (χ1v) is 9.10. The minimum Gasteiger partial charge on any atom is -0.383 e. The van der Waals surface area contributed by atoms with Crippen LogP contribution in [0.3, 0.4) is 0 Å². The highest BCUT2D eigenvalue weighted by Crippen LogP contribution is 2.27. The Labute approximate surface area is 154 Å². The van der Waals surface area contributed by atoms with E-state index in [1.807, 2.05) is 25.1 Å². The number of ether oxygens (including phenoxy) is 1. The summed E-state index contributed by atoms with van der Waals surface area (Å²) in [7, 11) is 1.70. The highest BCUT2D eigenvalue weighted by atomic mass is 16.5. The molecular formula is C20H27N3O3. The summed E-state index contributed by atoms with van der Waals surface area (Å²) < 4.78 is 7.45. The van der Waals surface area contributed by atoms with Crippen molar-refractivity contribution >= 4 is 22.7 Å². The standard InChI is InChI=1S/C20H27N3O3/c1-13-11-19(24)21-7-8-22(13)20(25)16-5-6-18-17(12-16)14(2)15(3)23(18)9-10-26-4/h5-6,12-13H,7-11H2,1-4H3,(H,21,24). The van der Waals surface area contributed by atoms with Crippen molar-refractivity contribution in [1.82, 2.24) is 14.8 Å². The molecule has 2 aromatic rings. The first kappa shape index (κ1) is 18.5. The maximum Gasteiger partial charge on any atom is 0.254 e. The zero-order valence-electron chi connectivity index (χ0n) is 16.0. The van der Waals surface area contributed by atoms with Crippen LogP contribution in [0.25, 0.3) is 10.9 Å². The number of amides is 2. The molecule has 6 heteroatoms. The second kappa shape index (κ2) is 7.50. The molecule has 1 fully saturated rings. The Morgan fingerprint density at radius 3 is 2.85 bits per heavy atom. The van der Waals surface area contributed by atoms with E-state index in [1.54, 1.807) is 12.0 Å². The summed E-state index contributed by atoms with van der Waals surface area (Å²) in [6.45, 7) is 8.60. The lowest BCUT2D eigenvalue weighted by Gasteiger charge is -2.26. The molecule has 2 heterocycles. The fraction of sp³-hybridized carbons (Fsp3) is 0.500.